The minimum Gasteiger partial charge on any atom is -0.388 e. The molecule has 10 nitrogen and oxygen atoms in total. The molecule has 4 N–H and O–H groups in total. The first-order valence-electron chi connectivity index (χ1n) is 17.1. The fourth-order valence-corrected chi connectivity index (χ4v) is 8.92. The van der Waals surface area contributed by atoms with Crippen molar-refractivity contribution < 1.29 is 0 Å². The molecule has 258 valence electrons. The lowest BCUT2D eigenvalue weighted by Gasteiger charge is -2.47. The fourth-order valence-electron chi connectivity index (χ4n) is 8.27. The van der Waals surface area contributed by atoms with E-state index in [0.29, 0.717) is 32.3 Å². The topological polar surface area (TPSA) is 106 Å². The highest BCUT2D eigenvalue weighted by atomic mass is 35.5. The van der Waals surface area contributed by atoms with Crippen molar-refractivity contribution in [1.82, 2.24) is 40.4 Å². The Morgan fingerprint density at radius 1 is 0.680 bits per heavy atom. The zero-order chi connectivity index (χ0) is 34.6. The smallest absolute Gasteiger partial charge is 0.149 e. The molecule has 2 aromatic heterocycles. The molecule has 12 heteroatoms. The number of hydrogen-bond donors (Lipinski definition) is 4. The molecule has 0 amide bonds. The van der Waals surface area contributed by atoms with Gasteiger partial charge in [-0.05, 0) is 12.8 Å². The predicted octanol–water partition coefficient (Wildman–Crippen LogP) is 6.28. The monoisotopic (exact) mass is 708 g/mol. The molecule has 0 atom stereocenters. The van der Waals surface area contributed by atoms with Gasteiger partial charge in [0.1, 0.15) is 11.6 Å². The number of hydrogen-bond acceptors (Lipinski definition) is 10. The average Bonchev–Trinajstić information content (AvgIpc) is 3.68. The van der Waals surface area contributed by atoms with Crippen LogP contribution in [-0.2, 0) is 13.1 Å². The van der Waals surface area contributed by atoms with Gasteiger partial charge in [-0.25, -0.2) is 9.97 Å². The van der Waals surface area contributed by atoms with Gasteiger partial charge >= 0.3 is 0 Å². The molecule has 6 heterocycles. The molecule has 0 unspecified atom stereocenters. The highest BCUT2D eigenvalue weighted by Gasteiger charge is 2.47. The van der Waals surface area contributed by atoms with Gasteiger partial charge in [-0.1, -0.05) is 72.8 Å². The van der Waals surface area contributed by atoms with Crippen molar-refractivity contribution >= 4 is 34.8 Å². The van der Waals surface area contributed by atoms with E-state index in [1.54, 1.807) is 0 Å². The summed E-state index contributed by atoms with van der Waals surface area (Å²) in [7, 11) is 3.76. The van der Waals surface area contributed by atoms with E-state index < -0.39 is 0 Å². The molecular weight excluding hydrogens is 667 g/mol. The Bertz CT molecular complexity index is 1860. The molecule has 8 rings (SSSR count). The maximum absolute atomic E-state index is 7.15. The number of aromatic nitrogens is 4. The third kappa shape index (κ3) is 5.98. The van der Waals surface area contributed by atoms with Crippen LogP contribution in [0.15, 0.2) is 73.3 Å². The van der Waals surface area contributed by atoms with Crippen molar-refractivity contribution in [2.45, 2.75) is 25.9 Å². The van der Waals surface area contributed by atoms with Gasteiger partial charge < -0.3 is 21.3 Å². The Labute approximate surface area is 303 Å². The summed E-state index contributed by atoms with van der Waals surface area (Å²) >= 11 is 14.3. The molecule has 0 saturated carbocycles. The van der Waals surface area contributed by atoms with E-state index >= 15 is 0 Å². The van der Waals surface area contributed by atoms with E-state index in [1.165, 1.54) is 0 Å². The molecule has 4 aliphatic rings. The zero-order valence-electron chi connectivity index (χ0n) is 28.5. The number of nitrogens with zero attached hydrogens (tertiary/aromatic N) is 6. The first kappa shape index (κ1) is 33.0. The van der Waals surface area contributed by atoms with Crippen LogP contribution in [0.25, 0.3) is 33.6 Å². The molecule has 0 aliphatic carbocycles. The quantitative estimate of drug-likeness (QED) is 0.159. The SMILES string of the molecule is C=C1CC2(CN1)CN(Cc1ncc(-c3cccc(-c4cccc(-c5cnc(CN6CC7(CNC(=C)C7)C6)c(NC)n5)c4Cl)c3Cl)nc1NC)C2. The van der Waals surface area contributed by atoms with Gasteiger partial charge in [0, 0.05) is 111 Å². The van der Waals surface area contributed by atoms with Gasteiger partial charge in [0.2, 0.25) is 0 Å². The lowest BCUT2D eigenvalue weighted by Crippen LogP contribution is -2.56. The summed E-state index contributed by atoms with van der Waals surface area (Å²) in [6, 6.07) is 11.8. The van der Waals surface area contributed by atoms with Crippen molar-refractivity contribution in [2.75, 3.05) is 64.0 Å². The highest BCUT2D eigenvalue weighted by molar-refractivity contribution is 6.39. The normalized spacial score (nSPS) is 19.3. The maximum Gasteiger partial charge on any atom is 0.149 e. The van der Waals surface area contributed by atoms with Gasteiger partial charge in [0.25, 0.3) is 0 Å². The summed E-state index contributed by atoms with van der Waals surface area (Å²) in [5.41, 5.74) is 9.29. The molecule has 0 bridgehead atoms. The summed E-state index contributed by atoms with van der Waals surface area (Å²) in [4.78, 5) is 24.4. The summed E-state index contributed by atoms with van der Waals surface area (Å²) in [6.45, 7) is 15.8. The molecular formula is C38H42Cl2N10. The summed E-state index contributed by atoms with van der Waals surface area (Å²) in [6.07, 6.45) is 5.71. The van der Waals surface area contributed by atoms with Crippen LogP contribution in [0.1, 0.15) is 24.2 Å². The van der Waals surface area contributed by atoms with Crippen molar-refractivity contribution in [2.24, 2.45) is 10.8 Å². The van der Waals surface area contributed by atoms with Crippen LogP contribution in [0.4, 0.5) is 11.6 Å². The van der Waals surface area contributed by atoms with E-state index in [9.17, 15) is 0 Å². The van der Waals surface area contributed by atoms with Crippen LogP contribution in [0.3, 0.4) is 0 Å². The number of allylic oxidation sites excluding steroid dienone is 2. The number of benzene rings is 2. The van der Waals surface area contributed by atoms with Crippen LogP contribution in [-0.4, -0.2) is 83.1 Å². The number of halogens is 2. The summed E-state index contributed by atoms with van der Waals surface area (Å²) in [5.74, 6) is 1.49. The summed E-state index contributed by atoms with van der Waals surface area (Å²) in [5, 5.41) is 14.4. The Morgan fingerprint density at radius 2 is 1.08 bits per heavy atom. The van der Waals surface area contributed by atoms with Gasteiger partial charge in [-0.2, -0.15) is 0 Å². The van der Waals surface area contributed by atoms with Crippen LogP contribution in [0.2, 0.25) is 10.0 Å². The number of likely N-dealkylation sites (tertiary alicyclic amines) is 2. The van der Waals surface area contributed by atoms with Crippen molar-refractivity contribution in [3.63, 3.8) is 0 Å². The third-order valence-electron chi connectivity index (χ3n) is 10.6. The fraction of sp³-hybridized carbons (Fsp3) is 0.368. The predicted molar refractivity (Wildman–Crippen MR) is 202 cm³/mol. The number of rotatable bonds is 9. The lowest BCUT2D eigenvalue weighted by atomic mass is 9.78. The largest absolute Gasteiger partial charge is 0.388 e. The minimum absolute atomic E-state index is 0.309. The van der Waals surface area contributed by atoms with Crippen molar-refractivity contribution in [1.29, 1.82) is 0 Å². The van der Waals surface area contributed by atoms with E-state index in [-0.39, 0.29) is 0 Å². The maximum atomic E-state index is 7.15. The highest BCUT2D eigenvalue weighted by Crippen LogP contribution is 2.44. The van der Waals surface area contributed by atoms with Crippen LogP contribution >= 0.6 is 23.2 Å². The molecule has 2 aromatic carbocycles. The van der Waals surface area contributed by atoms with Crippen LogP contribution in [0.5, 0.6) is 0 Å². The van der Waals surface area contributed by atoms with Gasteiger partial charge in [-0.15, -0.1) is 0 Å². The second kappa shape index (κ2) is 12.8. The van der Waals surface area contributed by atoms with Crippen LogP contribution < -0.4 is 21.3 Å². The van der Waals surface area contributed by atoms with E-state index in [4.69, 9.17) is 43.1 Å². The first-order chi connectivity index (χ1) is 24.2. The Morgan fingerprint density at radius 3 is 1.44 bits per heavy atom. The molecule has 4 aromatic rings. The van der Waals surface area contributed by atoms with Gasteiger partial charge in [0.05, 0.1) is 45.2 Å². The van der Waals surface area contributed by atoms with Crippen molar-refractivity contribution in [3.05, 3.63) is 94.8 Å². The van der Waals surface area contributed by atoms with Crippen LogP contribution in [0, 0.1) is 10.8 Å². The number of nitrogens with one attached hydrogen (secondary N) is 4. The minimum atomic E-state index is 0.309. The lowest BCUT2D eigenvalue weighted by molar-refractivity contribution is 0.0108. The Balaban J connectivity index is 1.01. The molecule has 4 fully saturated rings. The first-order valence-corrected chi connectivity index (χ1v) is 17.9. The van der Waals surface area contributed by atoms with E-state index in [0.717, 1.165) is 122 Å². The Kier molecular flexibility index (Phi) is 8.46. The number of anilines is 2. The molecule has 4 aliphatic heterocycles. The molecule has 0 radical (unpaired) electrons. The molecule has 2 spiro atoms. The molecule has 50 heavy (non-hydrogen) atoms. The molecule has 4 saturated heterocycles. The third-order valence-corrected chi connectivity index (χ3v) is 11.4. The average molecular weight is 710 g/mol. The van der Waals surface area contributed by atoms with Gasteiger partial charge in [0.15, 0.2) is 0 Å². The van der Waals surface area contributed by atoms with E-state index in [2.05, 4.69) is 44.2 Å². The second-order valence-electron chi connectivity index (χ2n) is 14.5. The zero-order valence-corrected chi connectivity index (χ0v) is 30.1. The van der Waals surface area contributed by atoms with E-state index in [1.807, 2.05) is 62.9 Å². The van der Waals surface area contributed by atoms with Gasteiger partial charge in [-0.3, -0.25) is 19.8 Å². The standard InChI is InChI=1S/C38H42Cl2N10/c1-23-11-37(17-45-23)19-49(20-37)15-31-35(41-3)47-29(13-43-31)27-9-5-7-25(33(27)39)26-8-6-10-28(34(26)40)30-14-44-32(36(42-4)48-30)16-50-21-38(22-50)12-24(2)46-18-38/h5-10,13-14,45-46H,1-2,11-12,15-22H2,3-4H3,(H,41,47)(H,42,48). The van der Waals surface area contributed by atoms with Crippen molar-refractivity contribution in [3.8, 4) is 33.6 Å². The second-order valence-corrected chi connectivity index (χ2v) is 15.2. The summed E-state index contributed by atoms with van der Waals surface area (Å²) < 4.78 is 0. The Hall–Kier alpha value is -4.22.